The molecule has 0 aliphatic carbocycles. The number of hydrogen-bond donors (Lipinski definition) is 1. The smallest absolute Gasteiger partial charge is 0.257 e. The van der Waals surface area contributed by atoms with E-state index in [4.69, 9.17) is 0 Å². The summed E-state index contributed by atoms with van der Waals surface area (Å²) in [7, 11) is 0. The van der Waals surface area contributed by atoms with Gasteiger partial charge in [0.2, 0.25) is 5.13 Å². The first-order valence-corrected chi connectivity index (χ1v) is 8.77. The predicted molar refractivity (Wildman–Crippen MR) is 105 cm³/mol. The quantitative estimate of drug-likeness (QED) is 0.681. The second kappa shape index (κ2) is 9.30. The van der Waals surface area contributed by atoms with Crippen LogP contribution in [0.25, 0.3) is 0 Å². The van der Waals surface area contributed by atoms with Crippen LogP contribution in [0.1, 0.15) is 32.9 Å². The second-order valence-electron chi connectivity index (χ2n) is 5.61. The van der Waals surface area contributed by atoms with Crippen molar-refractivity contribution in [1.82, 2.24) is 10.2 Å². The van der Waals surface area contributed by atoms with E-state index in [-0.39, 0.29) is 18.3 Å². The van der Waals surface area contributed by atoms with E-state index in [2.05, 4.69) is 39.8 Å². The number of rotatable bonds is 6. The average Bonchev–Trinajstić information content (AvgIpc) is 3.03. The first-order chi connectivity index (χ1) is 11.7. The van der Waals surface area contributed by atoms with Crippen LogP contribution in [-0.2, 0) is 12.8 Å². The number of benzene rings is 2. The maximum absolute atomic E-state index is 12.3. The molecule has 25 heavy (non-hydrogen) atoms. The molecule has 2 aromatic carbocycles. The highest BCUT2D eigenvalue weighted by Gasteiger charge is 2.11. The van der Waals surface area contributed by atoms with Gasteiger partial charge in [-0.05, 0) is 37.0 Å². The molecule has 0 spiro atoms. The molecule has 3 aromatic rings. The highest BCUT2D eigenvalue weighted by molar-refractivity contribution is 7.15. The SMILES string of the molecule is Cc1ccccc1C(=O)Nc1nnc(CCCc2ccccc2)s1.Cl. The van der Waals surface area contributed by atoms with Crippen LogP contribution in [0, 0.1) is 6.92 Å². The Morgan fingerprint density at radius 1 is 1.00 bits per heavy atom. The van der Waals surface area contributed by atoms with Crippen molar-refractivity contribution in [2.24, 2.45) is 0 Å². The third-order valence-electron chi connectivity index (χ3n) is 3.78. The van der Waals surface area contributed by atoms with Crippen LogP contribution < -0.4 is 5.32 Å². The molecule has 0 unspecified atom stereocenters. The Hall–Kier alpha value is -2.24. The molecule has 0 saturated heterocycles. The molecule has 0 fully saturated rings. The summed E-state index contributed by atoms with van der Waals surface area (Å²) < 4.78 is 0. The fourth-order valence-electron chi connectivity index (χ4n) is 2.49. The third-order valence-corrected chi connectivity index (χ3v) is 4.67. The van der Waals surface area contributed by atoms with Crippen molar-refractivity contribution in [3.8, 4) is 0 Å². The number of aryl methyl sites for hydroxylation is 3. The van der Waals surface area contributed by atoms with Crippen molar-refractivity contribution < 1.29 is 4.79 Å². The van der Waals surface area contributed by atoms with Gasteiger partial charge in [0.25, 0.3) is 5.91 Å². The summed E-state index contributed by atoms with van der Waals surface area (Å²) in [5.74, 6) is -0.139. The van der Waals surface area contributed by atoms with E-state index < -0.39 is 0 Å². The van der Waals surface area contributed by atoms with Gasteiger partial charge in [-0.3, -0.25) is 10.1 Å². The number of halogens is 1. The minimum atomic E-state index is -0.139. The zero-order chi connectivity index (χ0) is 16.8. The number of nitrogens with zero attached hydrogens (tertiary/aromatic N) is 2. The Morgan fingerprint density at radius 2 is 1.72 bits per heavy atom. The molecule has 0 bridgehead atoms. The second-order valence-corrected chi connectivity index (χ2v) is 6.67. The van der Waals surface area contributed by atoms with Crippen molar-refractivity contribution in [3.05, 3.63) is 76.3 Å². The summed E-state index contributed by atoms with van der Waals surface area (Å²) in [4.78, 5) is 12.3. The van der Waals surface area contributed by atoms with E-state index in [0.29, 0.717) is 10.7 Å². The average molecular weight is 374 g/mol. The van der Waals surface area contributed by atoms with Gasteiger partial charge in [-0.1, -0.05) is 59.9 Å². The Morgan fingerprint density at radius 3 is 2.48 bits per heavy atom. The lowest BCUT2D eigenvalue weighted by Crippen LogP contribution is -2.12. The van der Waals surface area contributed by atoms with Crippen molar-refractivity contribution in [1.29, 1.82) is 0 Å². The van der Waals surface area contributed by atoms with Gasteiger partial charge in [-0.25, -0.2) is 0 Å². The van der Waals surface area contributed by atoms with Crippen LogP contribution in [0.4, 0.5) is 5.13 Å². The van der Waals surface area contributed by atoms with Gasteiger partial charge in [0.15, 0.2) is 0 Å². The number of nitrogens with one attached hydrogen (secondary N) is 1. The number of anilines is 1. The molecule has 1 N–H and O–H groups in total. The van der Waals surface area contributed by atoms with Crippen LogP contribution >= 0.6 is 23.7 Å². The predicted octanol–water partition coefficient (Wildman–Crippen LogP) is 4.70. The fourth-order valence-corrected chi connectivity index (χ4v) is 3.26. The lowest BCUT2D eigenvalue weighted by molar-refractivity contribution is 0.102. The Kier molecular flexibility index (Phi) is 7.10. The molecule has 6 heteroatoms. The normalized spacial score (nSPS) is 10.1. The molecule has 1 aromatic heterocycles. The summed E-state index contributed by atoms with van der Waals surface area (Å²) in [6.07, 6.45) is 2.91. The standard InChI is InChI=1S/C19H19N3OS.ClH/c1-14-8-5-6-12-16(14)18(23)20-19-22-21-17(24-19)13-7-11-15-9-3-2-4-10-15;/h2-6,8-10,12H,7,11,13H2,1H3,(H,20,22,23);1H. The molecule has 130 valence electrons. The van der Waals surface area contributed by atoms with Crippen LogP contribution in [-0.4, -0.2) is 16.1 Å². The fraction of sp³-hybridized carbons (Fsp3) is 0.211. The van der Waals surface area contributed by atoms with Crippen LogP contribution in [0.15, 0.2) is 54.6 Å². The summed E-state index contributed by atoms with van der Waals surface area (Å²) >= 11 is 1.44. The number of carbonyl (C=O) groups is 1. The first-order valence-electron chi connectivity index (χ1n) is 7.95. The molecule has 0 atom stereocenters. The molecular formula is C19H20ClN3OS. The van der Waals surface area contributed by atoms with Gasteiger partial charge in [0, 0.05) is 12.0 Å². The summed E-state index contributed by atoms with van der Waals surface area (Å²) in [6, 6.07) is 17.9. The van der Waals surface area contributed by atoms with Crippen LogP contribution in [0.2, 0.25) is 0 Å². The number of carbonyl (C=O) groups excluding carboxylic acids is 1. The minimum Gasteiger partial charge on any atom is -0.296 e. The molecule has 1 heterocycles. The molecule has 0 aliphatic heterocycles. The van der Waals surface area contributed by atoms with E-state index in [0.717, 1.165) is 29.8 Å². The van der Waals surface area contributed by atoms with Gasteiger partial charge in [0.05, 0.1) is 0 Å². The van der Waals surface area contributed by atoms with E-state index in [1.807, 2.05) is 37.3 Å². The molecular weight excluding hydrogens is 354 g/mol. The maximum atomic E-state index is 12.3. The van der Waals surface area contributed by atoms with Crippen LogP contribution in [0.3, 0.4) is 0 Å². The number of hydrogen-bond acceptors (Lipinski definition) is 4. The van der Waals surface area contributed by atoms with Crippen molar-refractivity contribution in [2.45, 2.75) is 26.2 Å². The topological polar surface area (TPSA) is 54.9 Å². The van der Waals surface area contributed by atoms with E-state index in [1.165, 1.54) is 16.9 Å². The molecule has 3 rings (SSSR count). The lowest BCUT2D eigenvalue weighted by Gasteiger charge is -2.03. The Labute approximate surface area is 157 Å². The lowest BCUT2D eigenvalue weighted by atomic mass is 10.1. The third kappa shape index (κ3) is 5.37. The van der Waals surface area contributed by atoms with E-state index >= 15 is 0 Å². The zero-order valence-electron chi connectivity index (χ0n) is 13.9. The van der Waals surface area contributed by atoms with E-state index in [9.17, 15) is 4.79 Å². The zero-order valence-corrected chi connectivity index (χ0v) is 15.6. The molecule has 0 radical (unpaired) electrons. The number of amides is 1. The van der Waals surface area contributed by atoms with Crippen molar-refractivity contribution >= 4 is 34.8 Å². The Bertz CT molecular complexity index is 820. The van der Waals surface area contributed by atoms with Crippen LogP contribution in [0.5, 0.6) is 0 Å². The van der Waals surface area contributed by atoms with Gasteiger partial charge in [-0.15, -0.1) is 22.6 Å². The summed E-state index contributed by atoms with van der Waals surface area (Å²) in [5, 5.41) is 12.6. The Balaban J connectivity index is 0.00000225. The largest absolute Gasteiger partial charge is 0.296 e. The molecule has 1 amide bonds. The highest BCUT2D eigenvalue weighted by Crippen LogP contribution is 2.19. The van der Waals surface area contributed by atoms with E-state index in [1.54, 1.807) is 0 Å². The van der Waals surface area contributed by atoms with Crippen molar-refractivity contribution in [2.75, 3.05) is 5.32 Å². The number of aromatic nitrogens is 2. The summed E-state index contributed by atoms with van der Waals surface area (Å²) in [5.41, 5.74) is 2.94. The van der Waals surface area contributed by atoms with Gasteiger partial charge >= 0.3 is 0 Å². The maximum Gasteiger partial charge on any atom is 0.257 e. The monoisotopic (exact) mass is 373 g/mol. The minimum absolute atomic E-state index is 0. The van der Waals surface area contributed by atoms with Gasteiger partial charge < -0.3 is 0 Å². The first kappa shape index (κ1) is 19.1. The molecule has 4 nitrogen and oxygen atoms in total. The molecule has 0 aliphatic rings. The molecule has 0 saturated carbocycles. The summed E-state index contributed by atoms with van der Waals surface area (Å²) in [6.45, 7) is 1.92. The highest BCUT2D eigenvalue weighted by atomic mass is 35.5. The van der Waals surface area contributed by atoms with Crippen molar-refractivity contribution in [3.63, 3.8) is 0 Å². The van der Waals surface area contributed by atoms with Gasteiger partial charge in [0.1, 0.15) is 5.01 Å². The van der Waals surface area contributed by atoms with Gasteiger partial charge in [-0.2, -0.15) is 0 Å².